The molecule has 0 radical (unpaired) electrons. The van der Waals surface area contributed by atoms with Crippen molar-refractivity contribution < 1.29 is 0 Å². The lowest BCUT2D eigenvalue weighted by Gasteiger charge is -2.14. The van der Waals surface area contributed by atoms with Crippen LogP contribution in [0.4, 0.5) is 0 Å². The van der Waals surface area contributed by atoms with Crippen molar-refractivity contribution in [2.75, 3.05) is 0 Å². The molecule has 1 heterocycles. The van der Waals surface area contributed by atoms with Crippen LogP contribution in [0.25, 0.3) is 11.3 Å². The molecule has 2 nitrogen and oxygen atoms in total. The van der Waals surface area contributed by atoms with E-state index in [1.165, 1.54) is 0 Å². The topological polar surface area (TPSA) is 36.7 Å². The number of aromatic nitrogens is 1. The fraction of sp³-hybridized carbons (Fsp3) is 0.0526. The zero-order valence-electron chi connectivity index (χ0n) is 12.1. The maximum Gasteiger partial charge on any atom is 0.0978 e. The molecule has 0 N–H and O–H groups in total. The number of pyridine rings is 1. The predicted octanol–water partition coefficient (Wildman–Crippen LogP) is 5.71. The van der Waals surface area contributed by atoms with Gasteiger partial charge < -0.3 is 0 Å². The first-order valence-corrected chi connectivity index (χ1v) is 7.81. The van der Waals surface area contributed by atoms with Crippen molar-refractivity contribution >= 4 is 23.2 Å². The highest BCUT2D eigenvalue weighted by Gasteiger charge is 2.19. The number of nitriles is 1. The van der Waals surface area contributed by atoms with Crippen molar-refractivity contribution in [3.8, 4) is 17.3 Å². The molecule has 3 rings (SSSR count). The molecular weight excluding hydrogens is 327 g/mol. The minimum atomic E-state index is -0.467. The fourth-order valence-electron chi connectivity index (χ4n) is 2.46. The van der Waals surface area contributed by atoms with Crippen molar-refractivity contribution in [1.29, 1.82) is 5.26 Å². The van der Waals surface area contributed by atoms with Gasteiger partial charge in [0.1, 0.15) is 0 Å². The van der Waals surface area contributed by atoms with E-state index in [1.807, 2.05) is 42.5 Å². The summed E-state index contributed by atoms with van der Waals surface area (Å²) in [5, 5.41) is 10.8. The first kappa shape index (κ1) is 15.6. The van der Waals surface area contributed by atoms with Crippen LogP contribution < -0.4 is 0 Å². The van der Waals surface area contributed by atoms with Crippen LogP contribution in [0.2, 0.25) is 10.0 Å². The Bertz CT molecular complexity index is 853. The van der Waals surface area contributed by atoms with Gasteiger partial charge in [-0.15, -0.1) is 0 Å². The van der Waals surface area contributed by atoms with Crippen LogP contribution in [0, 0.1) is 11.3 Å². The summed E-state index contributed by atoms with van der Waals surface area (Å²) in [6, 6.07) is 21.0. The van der Waals surface area contributed by atoms with Gasteiger partial charge >= 0.3 is 0 Å². The summed E-state index contributed by atoms with van der Waals surface area (Å²) in [6.07, 6.45) is 1.68. The maximum atomic E-state index is 9.63. The molecule has 0 saturated carbocycles. The van der Waals surface area contributed by atoms with E-state index in [2.05, 4.69) is 11.1 Å². The summed E-state index contributed by atoms with van der Waals surface area (Å²) in [5.41, 5.74) is 3.19. The third-order valence-corrected chi connectivity index (χ3v) is 4.26. The van der Waals surface area contributed by atoms with E-state index in [0.29, 0.717) is 15.7 Å². The van der Waals surface area contributed by atoms with E-state index in [9.17, 15) is 5.26 Å². The molecule has 3 aromatic rings. The Morgan fingerprint density at radius 1 is 0.913 bits per heavy atom. The van der Waals surface area contributed by atoms with Crippen molar-refractivity contribution in [2.24, 2.45) is 0 Å². The van der Waals surface area contributed by atoms with Gasteiger partial charge in [-0.25, -0.2) is 0 Å². The van der Waals surface area contributed by atoms with E-state index < -0.39 is 5.92 Å². The average Bonchev–Trinajstić information content (AvgIpc) is 2.59. The number of nitrogens with zero attached hydrogens (tertiary/aromatic N) is 2. The minimum Gasteiger partial charge on any atom is -0.255 e. The molecule has 112 valence electrons. The van der Waals surface area contributed by atoms with Crippen molar-refractivity contribution in [2.45, 2.75) is 5.92 Å². The van der Waals surface area contributed by atoms with Gasteiger partial charge in [0, 0.05) is 16.8 Å². The molecule has 0 amide bonds. The Morgan fingerprint density at radius 2 is 1.61 bits per heavy atom. The molecule has 0 aliphatic rings. The lowest BCUT2D eigenvalue weighted by atomic mass is 9.92. The van der Waals surface area contributed by atoms with Gasteiger partial charge in [-0.05, 0) is 29.3 Å². The van der Waals surface area contributed by atoms with Crippen LogP contribution in [0.3, 0.4) is 0 Å². The van der Waals surface area contributed by atoms with Gasteiger partial charge in [0.15, 0.2) is 0 Å². The monoisotopic (exact) mass is 338 g/mol. The van der Waals surface area contributed by atoms with Gasteiger partial charge in [0.25, 0.3) is 0 Å². The smallest absolute Gasteiger partial charge is 0.0978 e. The lowest BCUT2D eigenvalue weighted by Crippen LogP contribution is -2.01. The zero-order chi connectivity index (χ0) is 16.2. The van der Waals surface area contributed by atoms with E-state index in [-0.39, 0.29) is 0 Å². The Labute approximate surface area is 144 Å². The summed E-state index contributed by atoms with van der Waals surface area (Å²) >= 11 is 12.5. The number of hydrogen-bond donors (Lipinski definition) is 0. The van der Waals surface area contributed by atoms with E-state index in [1.54, 1.807) is 24.4 Å². The Balaban J connectivity index is 2.09. The van der Waals surface area contributed by atoms with Crippen LogP contribution in [0.5, 0.6) is 0 Å². The molecule has 0 aliphatic heterocycles. The fourth-order valence-corrected chi connectivity index (χ4v) is 2.91. The average molecular weight is 339 g/mol. The molecule has 23 heavy (non-hydrogen) atoms. The standard InChI is InChI=1S/C19H12Cl2N2/c20-15-8-6-13(7-9-15)17(12-22)16-10-11-23-19(18(16)21)14-4-2-1-3-5-14/h1-11,17H. The normalized spacial score (nSPS) is 11.7. The Morgan fingerprint density at radius 3 is 2.26 bits per heavy atom. The second-order valence-corrected chi connectivity index (χ2v) is 5.86. The second-order valence-electron chi connectivity index (χ2n) is 5.04. The number of rotatable bonds is 3. The number of halogens is 2. The van der Waals surface area contributed by atoms with E-state index in [4.69, 9.17) is 23.2 Å². The quantitative estimate of drug-likeness (QED) is 0.613. The minimum absolute atomic E-state index is 0.467. The van der Waals surface area contributed by atoms with E-state index >= 15 is 0 Å². The zero-order valence-corrected chi connectivity index (χ0v) is 13.6. The molecule has 0 fully saturated rings. The second kappa shape index (κ2) is 6.83. The van der Waals surface area contributed by atoms with Gasteiger partial charge in [-0.3, -0.25) is 4.98 Å². The van der Waals surface area contributed by atoms with Gasteiger partial charge in [0.05, 0.1) is 22.7 Å². The highest BCUT2D eigenvalue weighted by molar-refractivity contribution is 6.34. The summed E-state index contributed by atoms with van der Waals surface area (Å²) in [6.45, 7) is 0. The van der Waals surface area contributed by atoms with Crippen molar-refractivity contribution in [1.82, 2.24) is 4.98 Å². The number of benzene rings is 2. The summed E-state index contributed by atoms with van der Waals surface area (Å²) < 4.78 is 0. The molecule has 0 bridgehead atoms. The molecule has 0 saturated heterocycles. The largest absolute Gasteiger partial charge is 0.255 e. The van der Waals surface area contributed by atoms with Crippen LogP contribution in [-0.4, -0.2) is 4.98 Å². The number of hydrogen-bond acceptors (Lipinski definition) is 2. The molecule has 1 unspecified atom stereocenters. The molecule has 0 spiro atoms. The van der Waals surface area contributed by atoms with E-state index in [0.717, 1.165) is 16.7 Å². The summed E-state index contributed by atoms with van der Waals surface area (Å²) in [7, 11) is 0. The van der Waals surface area contributed by atoms with Gasteiger partial charge in [0.2, 0.25) is 0 Å². The van der Waals surface area contributed by atoms with Crippen LogP contribution in [0.15, 0.2) is 66.9 Å². The predicted molar refractivity (Wildman–Crippen MR) is 93.6 cm³/mol. The SMILES string of the molecule is N#CC(c1ccc(Cl)cc1)c1ccnc(-c2ccccc2)c1Cl. The van der Waals surface area contributed by atoms with Crippen LogP contribution in [-0.2, 0) is 0 Å². The van der Waals surface area contributed by atoms with Crippen LogP contribution in [0.1, 0.15) is 17.0 Å². The molecule has 2 aromatic carbocycles. The van der Waals surface area contributed by atoms with Crippen molar-refractivity contribution in [3.63, 3.8) is 0 Å². The summed E-state index contributed by atoms with van der Waals surface area (Å²) in [4.78, 5) is 4.37. The molecule has 1 aromatic heterocycles. The van der Waals surface area contributed by atoms with Gasteiger partial charge in [-0.2, -0.15) is 5.26 Å². The van der Waals surface area contributed by atoms with Crippen LogP contribution >= 0.6 is 23.2 Å². The Hall–Kier alpha value is -2.34. The Kier molecular flexibility index (Phi) is 4.62. The maximum absolute atomic E-state index is 9.63. The third kappa shape index (κ3) is 3.22. The lowest BCUT2D eigenvalue weighted by molar-refractivity contribution is 1.03. The third-order valence-electron chi connectivity index (χ3n) is 3.61. The highest BCUT2D eigenvalue weighted by atomic mass is 35.5. The summed E-state index contributed by atoms with van der Waals surface area (Å²) in [5.74, 6) is -0.467. The molecular formula is C19H12Cl2N2. The molecule has 1 atom stereocenters. The van der Waals surface area contributed by atoms with Crippen molar-refractivity contribution in [3.05, 3.63) is 88.0 Å². The first-order valence-electron chi connectivity index (χ1n) is 7.05. The molecule has 4 heteroatoms. The first-order chi connectivity index (χ1) is 11.2. The van der Waals surface area contributed by atoms with Gasteiger partial charge in [-0.1, -0.05) is 65.7 Å². The highest BCUT2D eigenvalue weighted by Crippen LogP contribution is 2.35. The molecule has 0 aliphatic carbocycles.